The van der Waals surface area contributed by atoms with E-state index in [4.69, 9.17) is 11.6 Å². The third-order valence-electron chi connectivity index (χ3n) is 6.27. The first-order valence-electron chi connectivity index (χ1n) is 10.4. The Morgan fingerprint density at radius 3 is 2.62 bits per heavy atom. The van der Waals surface area contributed by atoms with Crippen molar-refractivity contribution in [2.75, 3.05) is 24.5 Å². The Balaban J connectivity index is 1.53. The van der Waals surface area contributed by atoms with Crippen molar-refractivity contribution in [1.82, 2.24) is 4.90 Å². The molecule has 0 unspecified atom stereocenters. The average Bonchev–Trinajstić information content (AvgIpc) is 2.97. The third kappa shape index (κ3) is 4.19. The van der Waals surface area contributed by atoms with Crippen LogP contribution in [0.2, 0.25) is 5.02 Å². The lowest BCUT2D eigenvalue weighted by Gasteiger charge is -2.40. The predicted octanol–water partition coefficient (Wildman–Crippen LogP) is 5.41. The highest BCUT2D eigenvalue weighted by Crippen LogP contribution is 2.47. The lowest BCUT2D eigenvalue weighted by atomic mass is 9.74. The zero-order valence-corrected chi connectivity index (χ0v) is 17.9. The molecule has 0 atom stereocenters. The summed E-state index contributed by atoms with van der Waals surface area (Å²) < 4.78 is 14.1. The van der Waals surface area contributed by atoms with Crippen molar-refractivity contribution in [3.8, 4) is 0 Å². The molecule has 1 fully saturated rings. The Labute approximate surface area is 177 Å². The van der Waals surface area contributed by atoms with E-state index in [0.29, 0.717) is 18.9 Å². The summed E-state index contributed by atoms with van der Waals surface area (Å²) in [5, 5.41) is 0.760. The van der Waals surface area contributed by atoms with Gasteiger partial charge in [0.25, 0.3) is 0 Å². The van der Waals surface area contributed by atoms with Crippen molar-refractivity contribution >= 4 is 23.2 Å². The van der Waals surface area contributed by atoms with Crippen LogP contribution in [0.25, 0.3) is 0 Å². The van der Waals surface area contributed by atoms with Gasteiger partial charge in [-0.15, -0.1) is 0 Å². The maximum absolute atomic E-state index is 14.1. The molecule has 1 saturated heterocycles. The fraction of sp³-hybridized carbons (Fsp3) is 0.458. The van der Waals surface area contributed by atoms with E-state index >= 15 is 0 Å². The summed E-state index contributed by atoms with van der Waals surface area (Å²) in [6, 6.07) is 12.9. The Morgan fingerprint density at radius 2 is 1.93 bits per heavy atom. The van der Waals surface area contributed by atoms with Gasteiger partial charge in [-0.1, -0.05) is 37.6 Å². The van der Waals surface area contributed by atoms with Gasteiger partial charge in [-0.25, -0.2) is 4.39 Å². The Morgan fingerprint density at radius 1 is 1.17 bits per heavy atom. The lowest BCUT2D eigenvalue weighted by Crippen LogP contribution is -2.45. The largest absolute Gasteiger partial charge is 0.311 e. The molecule has 3 nitrogen and oxygen atoms in total. The zero-order valence-electron chi connectivity index (χ0n) is 17.1. The number of hydrogen-bond acceptors (Lipinski definition) is 2. The number of halogens is 2. The number of nitrogens with zero attached hydrogens (tertiary/aromatic N) is 2. The third-order valence-corrected chi connectivity index (χ3v) is 6.51. The molecule has 2 aliphatic rings. The Hall–Kier alpha value is -1.91. The van der Waals surface area contributed by atoms with E-state index in [0.717, 1.165) is 48.7 Å². The first kappa shape index (κ1) is 20.4. The minimum Gasteiger partial charge on any atom is -0.311 e. The molecule has 0 bridgehead atoms. The summed E-state index contributed by atoms with van der Waals surface area (Å²) in [7, 11) is 0. The maximum Gasteiger partial charge on any atom is 0.227 e. The van der Waals surface area contributed by atoms with Gasteiger partial charge in [0.2, 0.25) is 5.91 Å². The zero-order chi connectivity index (χ0) is 20.6. The monoisotopic (exact) mass is 414 g/mol. The molecule has 2 aromatic carbocycles. The van der Waals surface area contributed by atoms with Crippen molar-refractivity contribution in [2.24, 2.45) is 5.92 Å². The predicted molar refractivity (Wildman–Crippen MR) is 116 cm³/mol. The molecule has 0 aliphatic carbocycles. The van der Waals surface area contributed by atoms with Crippen LogP contribution in [0.1, 0.15) is 44.2 Å². The van der Waals surface area contributed by atoms with Crippen LogP contribution in [0.15, 0.2) is 42.5 Å². The number of benzene rings is 2. The van der Waals surface area contributed by atoms with Crippen LogP contribution in [-0.4, -0.2) is 30.4 Å². The summed E-state index contributed by atoms with van der Waals surface area (Å²) in [4.78, 5) is 17.2. The van der Waals surface area contributed by atoms with Crippen molar-refractivity contribution in [3.63, 3.8) is 0 Å². The SMILES string of the molecule is CC(C)CC(=O)N1CC2(CCN(Cc3cccc(Cl)c3)CC2)c2cc(F)ccc21. The topological polar surface area (TPSA) is 23.6 Å². The number of carbonyl (C=O) groups is 1. The van der Waals surface area contributed by atoms with E-state index in [2.05, 4.69) is 24.8 Å². The molecule has 4 rings (SSSR count). The highest BCUT2D eigenvalue weighted by atomic mass is 35.5. The number of anilines is 1. The van der Waals surface area contributed by atoms with Crippen LogP contribution < -0.4 is 4.90 Å². The molecule has 1 amide bonds. The minimum atomic E-state index is -0.220. The van der Waals surface area contributed by atoms with Gasteiger partial charge in [0.05, 0.1) is 0 Å². The van der Waals surface area contributed by atoms with Crippen molar-refractivity contribution < 1.29 is 9.18 Å². The summed E-state index contributed by atoms with van der Waals surface area (Å²) in [6.07, 6.45) is 2.37. The number of rotatable bonds is 4. The van der Waals surface area contributed by atoms with E-state index in [1.807, 2.05) is 23.1 Å². The van der Waals surface area contributed by atoms with Crippen molar-refractivity contribution in [1.29, 1.82) is 0 Å². The molecule has 2 heterocycles. The average molecular weight is 415 g/mol. The van der Waals surface area contributed by atoms with Gasteiger partial charge in [-0.2, -0.15) is 0 Å². The number of amides is 1. The number of carbonyl (C=O) groups excluding carboxylic acids is 1. The van der Waals surface area contributed by atoms with Gasteiger partial charge in [0.15, 0.2) is 0 Å². The minimum absolute atomic E-state index is 0.144. The van der Waals surface area contributed by atoms with E-state index in [1.54, 1.807) is 12.1 Å². The molecule has 0 N–H and O–H groups in total. The first-order chi connectivity index (χ1) is 13.9. The highest BCUT2D eigenvalue weighted by Gasteiger charge is 2.46. The second-order valence-corrected chi connectivity index (χ2v) is 9.36. The molecule has 154 valence electrons. The molecule has 0 aromatic heterocycles. The van der Waals surface area contributed by atoms with Gasteiger partial charge < -0.3 is 4.90 Å². The van der Waals surface area contributed by atoms with E-state index < -0.39 is 0 Å². The number of likely N-dealkylation sites (tertiary alicyclic amines) is 1. The van der Waals surface area contributed by atoms with Crippen molar-refractivity contribution in [2.45, 2.75) is 45.1 Å². The second-order valence-electron chi connectivity index (χ2n) is 8.93. The standard InChI is InChI=1S/C24H28ClFN2O/c1-17(2)12-23(29)28-16-24(21-14-20(26)6-7-22(21)28)8-10-27(11-9-24)15-18-4-3-5-19(25)13-18/h3-7,13-14,17H,8-12,15-16H2,1-2H3. The van der Waals surface area contributed by atoms with Crippen molar-refractivity contribution in [3.05, 3.63) is 64.4 Å². The molecule has 0 saturated carbocycles. The molecule has 0 radical (unpaired) electrons. The summed E-state index contributed by atoms with van der Waals surface area (Å²) in [5.41, 5.74) is 2.98. The number of piperidine rings is 1. The summed E-state index contributed by atoms with van der Waals surface area (Å²) >= 11 is 6.12. The molecule has 29 heavy (non-hydrogen) atoms. The van der Waals surface area contributed by atoms with E-state index in [9.17, 15) is 9.18 Å². The molecule has 2 aromatic rings. The molecule has 1 spiro atoms. The van der Waals surface area contributed by atoms with Gasteiger partial charge in [0.1, 0.15) is 5.82 Å². The fourth-order valence-corrected chi connectivity index (χ4v) is 5.00. The van der Waals surface area contributed by atoms with Crippen LogP contribution >= 0.6 is 11.6 Å². The van der Waals surface area contributed by atoms with E-state index in [-0.39, 0.29) is 17.1 Å². The van der Waals surface area contributed by atoms with Gasteiger partial charge in [0, 0.05) is 35.6 Å². The summed E-state index contributed by atoms with van der Waals surface area (Å²) in [6.45, 7) is 7.50. The Bertz CT molecular complexity index is 906. The first-order valence-corrected chi connectivity index (χ1v) is 10.8. The van der Waals surface area contributed by atoms with E-state index in [1.165, 1.54) is 11.6 Å². The maximum atomic E-state index is 14.1. The molecular weight excluding hydrogens is 387 g/mol. The van der Waals surface area contributed by atoms with Crippen LogP contribution in [-0.2, 0) is 16.8 Å². The van der Waals surface area contributed by atoms with Crippen LogP contribution in [0, 0.1) is 11.7 Å². The summed E-state index contributed by atoms with van der Waals surface area (Å²) in [5.74, 6) is 0.233. The smallest absolute Gasteiger partial charge is 0.227 e. The second kappa shape index (κ2) is 8.08. The molecular formula is C24H28ClFN2O. The fourth-order valence-electron chi connectivity index (χ4n) is 4.78. The van der Waals surface area contributed by atoms with Gasteiger partial charge >= 0.3 is 0 Å². The number of hydrogen-bond donors (Lipinski definition) is 0. The highest BCUT2D eigenvalue weighted by molar-refractivity contribution is 6.30. The van der Waals surface area contributed by atoms with Gasteiger partial charge in [-0.05, 0) is 73.3 Å². The van der Waals surface area contributed by atoms with Crippen LogP contribution in [0.3, 0.4) is 0 Å². The molecule has 5 heteroatoms. The number of fused-ring (bicyclic) bond motifs is 2. The van der Waals surface area contributed by atoms with Crippen LogP contribution in [0.4, 0.5) is 10.1 Å². The Kier molecular flexibility index (Phi) is 5.67. The normalized spacial score (nSPS) is 18.4. The lowest BCUT2D eigenvalue weighted by molar-refractivity contribution is -0.119. The molecule has 2 aliphatic heterocycles. The van der Waals surface area contributed by atoms with Gasteiger partial charge in [-0.3, -0.25) is 9.69 Å². The van der Waals surface area contributed by atoms with Crippen LogP contribution in [0.5, 0.6) is 0 Å². The quantitative estimate of drug-likeness (QED) is 0.668.